The zero-order valence-electron chi connectivity index (χ0n) is 11.2. The van der Waals surface area contributed by atoms with Crippen molar-refractivity contribution in [3.05, 3.63) is 0 Å². The molecule has 0 saturated heterocycles. The minimum absolute atomic E-state index is 0.0417. The molecule has 3 nitrogen and oxygen atoms in total. The first kappa shape index (κ1) is 15.0. The second-order valence-corrected chi connectivity index (χ2v) is 7.96. The molecule has 1 saturated carbocycles. The lowest BCUT2D eigenvalue weighted by atomic mass is 10.1. The molecule has 0 aromatic heterocycles. The molecule has 1 fully saturated rings. The van der Waals surface area contributed by atoms with E-state index in [4.69, 9.17) is 0 Å². The molecular weight excluding hydrogens is 234 g/mol. The van der Waals surface area contributed by atoms with Crippen molar-refractivity contribution in [2.75, 3.05) is 18.8 Å². The van der Waals surface area contributed by atoms with Gasteiger partial charge in [0.15, 0.2) is 9.84 Å². The number of nitrogens with one attached hydrogen (secondary N) is 1. The molecule has 0 aromatic carbocycles. The third-order valence-electron chi connectivity index (χ3n) is 3.51. The second-order valence-electron chi connectivity index (χ2n) is 5.56. The molecule has 0 unspecified atom stereocenters. The first-order chi connectivity index (χ1) is 8.02. The van der Waals surface area contributed by atoms with Crippen molar-refractivity contribution in [3.63, 3.8) is 0 Å². The van der Waals surface area contributed by atoms with E-state index in [0.717, 1.165) is 44.6 Å². The molecule has 1 aliphatic rings. The van der Waals surface area contributed by atoms with E-state index in [0.29, 0.717) is 12.3 Å². The van der Waals surface area contributed by atoms with Gasteiger partial charge in [-0.25, -0.2) is 8.42 Å². The summed E-state index contributed by atoms with van der Waals surface area (Å²) >= 11 is 0. The third kappa shape index (κ3) is 5.87. The predicted molar refractivity (Wildman–Crippen MR) is 73.0 cm³/mol. The lowest BCUT2D eigenvalue weighted by Gasteiger charge is -2.11. The first-order valence-corrected chi connectivity index (χ1v) is 8.66. The normalized spacial score (nSPS) is 18.1. The van der Waals surface area contributed by atoms with Crippen molar-refractivity contribution in [1.29, 1.82) is 0 Å². The fourth-order valence-corrected chi connectivity index (χ4v) is 4.20. The van der Waals surface area contributed by atoms with Crippen molar-refractivity contribution >= 4 is 9.84 Å². The van der Waals surface area contributed by atoms with Crippen molar-refractivity contribution in [2.45, 2.75) is 57.6 Å². The summed E-state index contributed by atoms with van der Waals surface area (Å²) in [6, 6.07) is 0. The van der Waals surface area contributed by atoms with E-state index < -0.39 is 9.84 Å². The number of hydrogen-bond acceptors (Lipinski definition) is 3. The number of rotatable bonds is 8. The lowest BCUT2D eigenvalue weighted by molar-refractivity contribution is 0.530. The highest BCUT2D eigenvalue weighted by atomic mass is 32.2. The van der Waals surface area contributed by atoms with Gasteiger partial charge in [-0.1, -0.05) is 26.7 Å². The number of sulfone groups is 1. The van der Waals surface area contributed by atoms with Gasteiger partial charge >= 0.3 is 0 Å². The minimum atomic E-state index is -2.83. The Morgan fingerprint density at radius 1 is 1.18 bits per heavy atom. The fraction of sp³-hybridized carbons (Fsp3) is 1.00. The van der Waals surface area contributed by atoms with Crippen LogP contribution in [0.2, 0.25) is 0 Å². The van der Waals surface area contributed by atoms with Gasteiger partial charge in [0.25, 0.3) is 0 Å². The summed E-state index contributed by atoms with van der Waals surface area (Å²) in [6.07, 6.45) is 6.30. The molecule has 1 N–H and O–H groups in total. The van der Waals surface area contributed by atoms with Crippen molar-refractivity contribution in [2.24, 2.45) is 5.92 Å². The van der Waals surface area contributed by atoms with E-state index in [1.165, 1.54) is 6.42 Å². The van der Waals surface area contributed by atoms with E-state index in [9.17, 15) is 8.42 Å². The topological polar surface area (TPSA) is 46.2 Å². The van der Waals surface area contributed by atoms with Gasteiger partial charge in [0.2, 0.25) is 0 Å². The molecule has 102 valence electrons. The summed E-state index contributed by atoms with van der Waals surface area (Å²) in [5.74, 6) is 1.05. The molecule has 0 amide bonds. The summed E-state index contributed by atoms with van der Waals surface area (Å²) < 4.78 is 23.9. The Labute approximate surface area is 106 Å². The Balaban J connectivity index is 2.09. The van der Waals surface area contributed by atoms with Crippen LogP contribution >= 0.6 is 0 Å². The predicted octanol–water partition coefficient (Wildman–Crippen LogP) is 2.37. The Hall–Kier alpha value is -0.0900. The zero-order chi connectivity index (χ0) is 12.7. The van der Waals surface area contributed by atoms with Crippen molar-refractivity contribution in [1.82, 2.24) is 5.32 Å². The second kappa shape index (κ2) is 7.37. The van der Waals surface area contributed by atoms with Crippen LogP contribution < -0.4 is 5.32 Å². The smallest absolute Gasteiger partial charge is 0.154 e. The van der Waals surface area contributed by atoms with Gasteiger partial charge in [-0.3, -0.25) is 0 Å². The zero-order valence-corrected chi connectivity index (χ0v) is 12.1. The van der Waals surface area contributed by atoms with Crippen molar-refractivity contribution < 1.29 is 8.42 Å². The molecule has 0 radical (unpaired) electrons. The van der Waals surface area contributed by atoms with E-state index in [-0.39, 0.29) is 5.25 Å². The summed E-state index contributed by atoms with van der Waals surface area (Å²) in [6.45, 7) is 5.99. The SMILES string of the molecule is CC(C)CCCNCCS(=O)(=O)C1CCCC1. The molecule has 1 aliphatic carbocycles. The molecular formula is C13H27NO2S. The van der Waals surface area contributed by atoms with Gasteiger partial charge in [0.05, 0.1) is 11.0 Å². The molecule has 0 bridgehead atoms. The van der Waals surface area contributed by atoms with Crippen LogP contribution in [0.3, 0.4) is 0 Å². The molecule has 4 heteroatoms. The highest BCUT2D eigenvalue weighted by molar-refractivity contribution is 7.92. The summed E-state index contributed by atoms with van der Waals surface area (Å²) in [7, 11) is -2.83. The summed E-state index contributed by atoms with van der Waals surface area (Å²) in [4.78, 5) is 0. The highest BCUT2D eigenvalue weighted by Gasteiger charge is 2.27. The Morgan fingerprint density at radius 3 is 2.41 bits per heavy atom. The average molecular weight is 261 g/mol. The average Bonchev–Trinajstić information content (AvgIpc) is 2.76. The molecule has 0 aliphatic heterocycles. The molecule has 0 atom stereocenters. The highest BCUT2D eigenvalue weighted by Crippen LogP contribution is 2.24. The molecule has 0 aromatic rings. The van der Waals surface area contributed by atoms with Crippen LogP contribution in [0.15, 0.2) is 0 Å². The molecule has 1 rings (SSSR count). The quantitative estimate of drug-likeness (QED) is 0.682. The van der Waals surface area contributed by atoms with Crippen LogP contribution in [0.4, 0.5) is 0 Å². The van der Waals surface area contributed by atoms with Crippen LogP contribution in [-0.2, 0) is 9.84 Å². The van der Waals surface area contributed by atoms with Crippen LogP contribution in [0.5, 0.6) is 0 Å². The van der Waals surface area contributed by atoms with Crippen LogP contribution in [0.25, 0.3) is 0 Å². The Morgan fingerprint density at radius 2 is 1.82 bits per heavy atom. The van der Waals surface area contributed by atoms with E-state index in [2.05, 4.69) is 19.2 Å². The summed E-state index contributed by atoms with van der Waals surface area (Å²) in [5, 5.41) is 3.20. The van der Waals surface area contributed by atoms with E-state index >= 15 is 0 Å². The maximum absolute atomic E-state index is 11.9. The molecule has 17 heavy (non-hydrogen) atoms. The van der Waals surface area contributed by atoms with Crippen molar-refractivity contribution in [3.8, 4) is 0 Å². The monoisotopic (exact) mass is 261 g/mol. The van der Waals surface area contributed by atoms with Gasteiger partial charge in [0.1, 0.15) is 0 Å². The van der Waals surface area contributed by atoms with Gasteiger partial charge in [-0.15, -0.1) is 0 Å². The Kier molecular flexibility index (Phi) is 6.49. The van der Waals surface area contributed by atoms with Gasteiger partial charge in [0, 0.05) is 6.54 Å². The first-order valence-electron chi connectivity index (χ1n) is 6.94. The maximum Gasteiger partial charge on any atom is 0.154 e. The van der Waals surface area contributed by atoms with E-state index in [1.807, 2.05) is 0 Å². The standard InChI is InChI=1S/C13H27NO2S/c1-12(2)6-5-9-14-10-11-17(15,16)13-7-3-4-8-13/h12-14H,3-11H2,1-2H3. The Bertz CT molecular complexity index is 293. The third-order valence-corrected chi connectivity index (χ3v) is 5.77. The lowest BCUT2D eigenvalue weighted by Crippen LogP contribution is -2.29. The molecule has 0 spiro atoms. The molecule has 0 heterocycles. The fourth-order valence-electron chi connectivity index (χ4n) is 2.39. The minimum Gasteiger partial charge on any atom is -0.316 e. The van der Waals surface area contributed by atoms with Crippen LogP contribution in [0.1, 0.15) is 52.4 Å². The summed E-state index contributed by atoms with van der Waals surface area (Å²) in [5.41, 5.74) is 0. The van der Waals surface area contributed by atoms with Gasteiger partial charge in [-0.2, -0.15) is 0 Å². The van der Waals surface area contributed by atoms with Gasteiger partial charge < -0.3 is 5.32 Å². The van der Waals surface area contributed by atoms with Crippen LogP contribution in [0, 0.1) is 5.92 Å². The van der Waals surface area contributed by atoms with Crippen LogP contribution in [-0.4, -0.2) is 32.5 Å². The van der Waals surface area contributed by atoms with Gasteiger partial charge in [-0.05, 0) is 38.1 Å². The largest absolute Gasteiger partial charge is 0.316 e. The number of hydrogen-bond donors (Lipinski definition) is 1. The maximum atomic E-state index is 11.9. The van der Waals surface area contributed by atoms with E-state index in [1.54, 1.807) is 0 Å².